The second-order valence-corrected chi connectivity index (χ2v) is 9.29. The van der Waals surface area contributed by atoms with Crippen molar-refractivity contribution in [3.8, 4) is 0 Å². The minimum absolute atomic E-state index is 0.331. The van der Waals surface area contributed by atoms with Gasteiger partial charge in [0.15, 0.2) is 0 Å². The van der Waals surface area contributed by atoms with Crippen LogP contribution in [0.1, 0.15) is 43.2 Å². The topological polar surface area (TPSA) is 61.3 Å². The standard InChI is InChI=1S/C26H32N4O2/c31-25-23-11-4-5-12-24(23)30(26(32)27-25)19-21-8-6-7-20(17-21)18-28-13-15-29(16-14-28)22-9-2-1-3-10-22/h4-8,11-12,17,22H,1-3,9-10,13-16,18-19H2,(H,27,31,32). The quantitative estimate of drug-likeness (QED) is 0.673. The number of fused-ring (bicyclic) bond motifs is 1. The van der Waals surface area contributed by atoms with Crippen molar-refractivity contribution in [1.82, 2.24) is 19.4 Å². The molecule has 0 amide bonds. The molecule has 0 unspecified atom stereocenters. The lowest BCUT2D eigenvalue weighted by Crippen LogP contribution is -2.50. The molecule has 1 aromatic heterocycles. The van der Waals surface area contributed by atoms with Crippen molar-refractivity contribution in [2.45, 2.75) is 51.2 Å². The number of benzene rings is 2. The summed E-state index contributed by atoms with van der Waals surface area (Å²) in [5.74, 6) is 0. The Morgan fingerprint density at radius 3 is 2.31 bits per heavy atom. The Hall–Kier alpha value is -2.70. The van der Waals surface area contributed by atoms with Gasteiger partial charge in [-0.05, 0) is 36.1 Å². The van der Waals surface area contributed by atoms with Crippen LogP contribution in [0.15, 0.2) is 58.1 Å². The molecule has 2 aliphatic rings. The molecule has 1 N–H and O–H groups in total. The van der Waals surface area contributed by atoms with E-state index in [0.717, 1.165) is 31.2 Å². The van der Waals surface area contributed by atoms with E-state index in [-0.39, 0.29) is 11.2 Å². The SMILES string of the molecule is O=c1[nH]c(=O)n(Cc2cccc(CN3CCN(C4CCCCC4)CC3)c2)c2ccccc12. The van der Waals surface area contributed by atoms with Crippen molar-refractivity contribution in [1.29, 1.82) is 0 Å². The summed E-state index contributed by atoms with van der Waals surface area (Å²) in [6, 6.07) is 16.6. The van der Waals surface area contributed by atoms with Gasteiger partial charge >= 0.3 is 5.69 Å². The van der Waals surface area contributed by atoms with Crippen LogP contribution in [0.2, 0.25) is 0 Å². The normalized spacial score (nSPS) is 18.9. The highest BCUT2D eigenvalue weighted by Gasteiger charge is 2.25. The second-order valence-electron chi connectivity index (χ2n) is 9.29. The molecule has 2 fully saturated rings. The van der Waals surface area contributed by atoms with Gasteiger partial charge in [0.05, 0.1) is 17.4 Å². The molecular weight excluding hydrogens is 400 g/mol. The molecule has 1 saturated carbocycles. The zero-order valence-electron chi connectivity index (χ0n) is 18.6. The van der Waals surface area contributed by atoms with Gasteiger partial charge in [0.1, 0.15) is 0 Å². The zero-order chi connectivity index (χ0) is 21.9. The molecule has 0 spiro atoms. The molecule has 1 aliphatic carbocycles. The number of nitrogens with one attached hydrogen (secondary N) is 1. The van der Waals surface area contributed by atoms with Crippen LogP contribution < -0.4 is 11.2 Å². The van der Waals surface area contributed by atoms with E-state index < -0.39 is 0 Å². The van der Waals surface area contributed by atoms with E-state index in [1.165, 1.54) is 50.8 Å². The van der Waals surface area contributed by atoms with Crippen molar-refractivity contribution in [3.63, 3.8) is 0 Å². The van der Waals surface area contributed by atoms with Gasteiger partial charge in [-0.15, -0.1) is 0 Å². The Balaban J connectivity index is 1.27. The van der Waals surface area contributed by atoms with Gasteiger partial charge in [-0.1, -0.05) is 55.7 Å². The summed E-state index contributed by atoms with van der Waals surface area (Å²) in [5, 5.41) is 0.541. The van der Waals surface area contributed by atoms with E-state index >= 15 is 0 Å². The third-order valence-corrected chi connectivity index (χ3v) is 7.14. The molecule has 2 heterocycles. The first kappa shape index (κ1) is 21.2. The molecule has 6 nitrogen and oxygen atoms in total. The Morgan fingerprint density at radius 1 is 0.812 bits per heavy atom. The fourth-order valence-corrected chi connectivity index (χ4v) is 5.40. The van der Waals surface area contributed by atoms with Crippen LogP contribution in [0.5, 0.6) is 0 Å². The molecule has 32 heavy (non-hydrogen) atoms. The number of hydrogen-bond donors (Lipinski definition) is 1. The van der Waals surface area contributed by atoms with Crippen LogP contribution in [0.3, 0.4) is 0 Å². The maximum Gasteiger partial charge on any atom is 0.329 e. The molecule has 168 valence electrons. The maximum atomic E-state index is 12.5. The Kier molecular flexibility index (Phi) is 6.23. The van der Waals surface area contributed by atoms with Gasteiger partial charge in [-0.25, -0.2) is 4.79 Å². The number of H-pyrrole nitrogens is 1. The predicted molar refractivity (Wildman–Crippen MR) is 128 cm³/mol. The number of hydrogen-bond acceptors (Lipinski definition) is 4. The van der Waals surface area contributed by atoms with Crippen LogP contribution in [-0.4, -0.2) is 51.6 Å². The first-order chi connectivity index (χ1) is 15.7. The monoisotopic (exact) mass is 432 g/mol. The van der Waals surface area contributed by atoms with Gasteiger partial charge in [0.25, 0.3) is 5.56 Å². The van der Waals surface area contributed by atoms with E-state index in [2.05, 4.69) is 39.0 Å². The lowest BCUT2D eigenvalue weighted by atomic mass is 9.94. The van der Waals surface area contributed by atoms with E-state index in [1.807, 2.05) is 18.2 Å². The number of para-hydroxylation sites is 1. The average Bonchev–Trinajstić information content (AvgIpc) is 2.83. The summed E-state index contributed by atoms with van der Waals surface area (Å²) in [6.07, 6.45) is 6.95. The number of aromatic amines is 1. The van der Waals surface area contributed by atoms with Crippen LogP contribution in [-0.2, 0) is 13.1 Å². The molecule has 0 bridgehead atoms. The fraction of sp³-hybridized carbons (Fsp3) is 0.462. The summed E-state index contributed by atoms with van der Waals surface area (Å²) < 4.78 is 1.65. The fourth-order valence-electron chi connectivity index (χ4n) is 5.40. The van der Waals surface area contributed by atoms with Gasteiger partial charge in [0.2, 0.25) is 0 Å². The molecule has 6 heteroatoms. The summed E-state index contributed by atoms with van der Waals surface area (Å²) in [5.41, 5.74) is 2.32. The van der Waals surface area contributed by atoms with Gasteiger partial charge in [0, 0.05) is 38.8 Å². The first-order valence-corrected chi connectivity index (χ1v) is 11.9. The van der Waals surface area contributed by atoms with E-state index in [9.17, 15) is 9.59 Å². The smallest absolute Gasteiger partial charge is 0.298 e. The average molecular weight is 433 g/mol. The van der Waals surface area contributed by atoms with Crippen molar-refractivity contribution < 1.29 is 0 Å². The van der Waals surface area contributed by atoms with Crippen molar-refractivity contribution in [3.05, 3.63) is 80.5 Å². The molecule has 0 atom stereocenters. The summed E-state index contributed by atoms with van der Waals surface area (Å²) in [6.45, 7) is 5.95. The van der Waals surface area contributed by atoms with Gasteiger partial charge < -0.3 is 0 Å². The molecule has 3 aromatic rings. The molecule has 2 aromatic carbocycles. The molecule has 5 rings (SSSR count). The van der Waals surface area contributed by atoms with Gasteiger partial charge in [-0.2, -0.15) is 0 Å². The predicted octanol–water partition coefficient (Wildman–Crippen LogP) is 3.19. The van der Waals surface area contributed by atoms with Crippen LogP contribution >= 0.6 is 0 Å². The maximum absolute atomic E-state index is 12.5. The zero-order valence-corrected chi connectivity index (χ0v) is 18.6. The van der Waals surface area contributed by atoms with Crippen LogP contribution in [0.4, 0.5) is 0 Å². The summed E-state index contributed by atoms with van der Waals surface area (Å²) in [4.78, 5) is 32.3. The number of rotatable bonds is 5. The van der Waals surface area contributed by atoms with E-state index in [1.54, 1.807) is 10.6 Å². The molecule has 0 radical (unpaired) electrons. The number of aromatic nitrogens is 2. The highest BCUT2D eigenvalue weighted by molar-refractivity contribution is 5.77. The highest BCUT2D eigenvalue weighted by atomic mass is 16.2. The van der Waals surface area contributed by atoms with Crippen molar-refractivity contribution in [2.24, 2.45) is 0 Å². The second kappa shape index (κ2) is 9.43. The Bertz CT molecular complexity index is 1180. The highest BCUT2D eigenvalue weighted by Crippen LogP contribution is 2.24. The molecular formula is C26H32N4O2. The lowest BCUT2D eigenvalue weighted by Gasteiger charge is -2.40. The Labute approximate surface area is 188 Å². The molecule has 1 aliphatic heterocycles. The third-order valence-electron chi connectivity index (χ3n) is 7.14. The minimum atomic E-state index is -0.363. The van der Waals surface area contributed by atoms with Crippen LogP contribution in [0, 0.1) is 0 Å². The molecule has 1 saturated heterocycles. The summed E-state index contributed by atoms with van der Waals surface area (Å²) >= 11 is 0. The summed E-state index contributed by atoms with van der Waals surface area (Å²) in [7, 11) is 0. The number of piperazine rings is 1. The van der Waals surface area contributed by atoms with E-state index in [4.69, 9.17) is 0 Å². The lowest BCUT2D eigenvalue weighted by molar-refractivity contribution is 0.0755. The van der Waals surface area contributed by atoms with E-state index in [0.29, 0.717) is 17.4 Å². The minimum Gasteiger partial charge on any atom is -0.298 e. The number of nitrogens with zero attached hydrogens (tertiary/aromatic N) is 3. The van der Waals surface area contributed by atoms with Crippen LogP contribution in [0.25, 0.3) is 10.9 Å². The van der Waals surface area contributed by atoms with Crippen molar-refractivity contribution >= 4 is 10.9 Å². The third kappa shape index (κ3) is 4.57. The van der Waals surface area contributed by atoms with Gasteiger partial charge in [-0.3, -0.25) is 24.1 Å². The van der Waals surface area contributed by atoms with Crippen molar-refractivity contribution in [2.75, 3.05) is 26.2 Å². The largest absolute Gasteiger partial charge is 0.329 e. The first-order valence-electron chi connectivity index (χ1n) is 11.9. The Morgan fingerprint density at radius 2 is 1.53 bits per heavy atom.